The van der Waals surface area contributed by atoms with E-state index in [0.717, 1.165) is 48.8 Å². The second-order valence-electron chi connectivity index (χ2n) is 5.50. The van der Waals surface area contributed by atoms with Crippen molar-refractivity contribution in [3.05, 3.63) is 21.4 Å². The van der Waals surface area contributed by atoms with E-state index in [0.29, 0.717) is 11.2 Å². The summed E-state index contributed by atoms with van der Waals surface area (Å²) in [6.07, 6.45) is 1.08. The van der Waals surface area contributed by atoms with Crippen molar-refractivity contribution in [2.24, 2.45) is 0 Å². The second kappa shape index (κ2) is 6.16. The molecule has 1 unspecified atom stereocenters. The molecule has 0 amide bonds. The zero-order valence-electron chi connectivity index (χ0n) is 12.6. The van der Waals surface area contributed by atoms with Crippen molar-refractivity contribution in [2.45, 2.75) is 39.8 Å². The van der Waals surface area contributed by atoms with Crippen LogP contribution in [0.25, 0.3) is 10.2 Å². The Morgan fingerprint density at radius 1 is 1.38 bits per heavy atom. The lowest BCUT2D eigenvalue weighted by Crippen LogP contribution is -2.44. The van der Waals surface area contributed by atoms with E-state index < -0.39 is 0 Å². The van der Waals surface area contributed by atoms with Gasteiger partial charge in [-0.25, -0.2) is 9.97 Å². The first-order chi connectivity index (χ1) is 10.1. The molecule has 0 saturated carbocycles. The van der Waals surface area contributed by atoms with E-state index in [1.165, 1.54) is 10.4 Å². The average Bonchev–Trinajstić information content (AvgIpc) is 2.75. The fraction of sp³-hybridized carbons (Fsp3) is 0.600. The summed E-state index contributed by atoms with van der Waals surface area (Å²) in [6.45, 7) is 9.63. The molecule has 0 radical (unpaired) electrons. The van der Waals surface area contributed by atoms with E-state index in [4.69, 9.17) is 21.3 Å². The number of hydrogen-bond acceptors (Lipinski definition) is 5. The van der Waals surface area contributed by atoms with Crippen molar-refractivity contribution < 1.29 is 4.74 Å². The Labute approximate surface area is 134 Å². The Kier molecular flexibility index (Phi) is 4.45. The highest BCUT2D eigenvalue weighted by atomic mass is 35.5. The Morgan fingerprint density at radius 3 is 2.95 bits per heavy atom. The topological polar surface area (TPSA) is 38.2 Å². The van der Waals surface area contributed by atoms with Crippen LogP contribution in [0.15, 0.2) is 0 Å². The van der Waals surface area contributed by atoms with E-state index in [9.17, 15) is 0 Å². The third-order valence-corrected chi connectivity index (χ3v) is 5.57. The zero-order chi connectivity index (χ0) is 15.0. The van der Waals surface area contributed by atoms with Crippen molar-refractivity contribution >= 4 is 33.2 Å². The predicted molar refractivity (Wildman–Crippen MR) is 87.2 cm³/mol. The third kappa shape index (κ3) is 2.93. The lowest BCUT2D eigenvalue weighted by atomic mass is 10.2. The molecule has 0 spiro atoms. The van der Waals surface area contributed by atoms with E-state index in [-0.39, 0.29) is 0 Å². The molecule has 3 rings (SSSR count). The highest BCUT2D eigenvalue weighted by Gasteiger charge is 2.23. The molecule has 2 aromatic heterocycles. The molecule has 1 aliphatic heterocycles. The number of aromatic nitrogens is 2. The minimum absolute atomic E-state index is 0.448. The largest absolute Gasteiger partial charge is 0.378 e. The van der Waals surface area contributed by atoms with Gasteiger partial charge in [0, 0.05) is 17.5 Å². The monoisotopic (exact) mass is 325 g/mol. The number of thiophene rings is 1. The summed E-state index contributed by atoms with van der Waals surface area (Å²) in [5, 5.41) is 1.59. The van der Waals surface area contributed by atoms with Crippen LogP contribution in [0, 0.1) is 13.8 Å². The Bertz CT molecular complexity index is 658. The molecule has 6 heteroatoms. The Balaban J connectivity index is 1.90. The molecule has 4 nitrogen and oxygen atoms in total. The van der Waals surface area contributed by atoms with Gasteiger partial charge < -0.3 is 4.74 Å². The molecule has 114 valence electrons. The van der Waals surface area contributed by atoms with Crippen molar-refractivity contribution in [1.82, 2.24) is 14.9 Å². The fourth-order valence-electron chi connectivity index (χ4n) is 2.77. The predicted octanol–water partition coefficient (Wildman–Crippen LogP) is 3.57. The first kappa shape index (κ1) is 15.2. The summed E-state index contributed by atoms with van der Waals surface area (Å²) in [6, 6.07) is 0.448. The van der Waals surface area contributed by atoms with Crippen molar-refractivity contribution in [3.8, 4) is 0 Å². The number of fused-ring (bicyclic) bond motifs is 1. The molecule has 0 bridgehead atoms. The van der Waals surface area contributed by atoms with Gasteiger partial charge in [-0.3, -0.25) is 4.90 Å². The number of ether oxygens (including phenoxy) is 1. The standard InChI is InChI=1S/C15H20ClN3OS/c1-4-11-8-20-6-5-19(11)7-12-17-14(16)13-9(2)10(3)21-15(13)18-12/h11H,4-8H2,1-3H3. The van der Waals surface area contributed by atoms with Gasteiger partial charge in [-0.05, 0) is 25.8 Å². The van der Waals surface area contributed by atoms with Gasteiger partial charge in [0.05, 0.1) is 25.1 Å². The molecule has 21 heavy (non-hydrogen) atoms. The van der Waals surface area contributed by atoms with Gasteiger partial charge in [0.2, 0.25) is 0 Å². The maximum absolute atomic E-state index is 6.38. The average molecular weight is 326 g/mol. The number of nitrogens with zero attached hydrogens (tertiary/aromatic N) is 3. The van der Waals surface area contributed by atoms with Crippen LogP contribution in [0.5, 0.6) is 0 Å². The lowest BCUT2D eigenvalue weighted by molar-refractivity contribution is -0.0137. The minimum atomic E-state index is 0.448. The molecule has 1 fully saturated rings. The Hall–Kier alpha value is -0.750. The van der Waals surface area contributed by atoms with E-state index in [1.54, 1.807) is 11.3 Å². The highest BCUT2D eigenvalue weighted by Crippen LogP contribution is 2.33. The lowest BCUT2D eigenvalue weighted by Gasteiger charge is -2.34. The highest BCUT2D eigenvalue weighted by molar-refractivity contribution is 7.18. The van der Waals surface area contributed by atoms with Crippen molar-refractivity contribution in [2.75, 3.05) is 19.8 Å². The van der Waals surface area contributed by atoms with Crippen molar-refractivity contribution in [3.63, 3.8) is 0 Å². The summed E-state index contributed by atoms with van der Waals surface area (Å²) >= 11 is 8.08. The van der Waals surface area contributed by atoms with Crippen LogP contribution in [0.2, 0.25) is 5.15 Å². The molecule has 0 N–H and O–H groups in total. The van der Waals surface area contributed by atoms with E-state index in [1.807, 2.05) is 0 Å². The quantitative estimate of drug-likeness (QED) is 0.809. The SMILES string of the molecule is CCC1COCCN1Cc1nc(Cl)c2c(C)c(C)sc2n1. The fourth-order valence-corrected chi connectivity index (χ4v) is 4.20. The molecule has 1 aliphatic rings. The van der Waals surface area contributed by atoms with Crippen LogP contribution in [0.4, 0.5) is 0 Å². The van der Waals surface area contributed by atoms with Crippen LogP contribution in [0.3, 0.4) is 0 Å². The molecular weight excluding hydrogens is 306 g/mol. The molecule has 3 heterocycles. The first-order valence-corrected chi connectivity index (χ1v) is 8.53. The summed E-state index contributed by atoms with van der Waals surface area (Å²) in [5.41, 5.74) is 1.20. The van der Waals surface area contributed by atoms with Gasteiger partial charge in [0.25, 0.3) is 0 Å². The number of morpholine rings is 1. The maximum atomic E-state index is 6.38. The number of hydrogen-bond donors (Lipinski definition) is 0. The molecular formula is C15H20ClN3OS. The molecule has 0 aromatic carbocycles. The summed E-state index contributed by atoms with van der Waals surface area (Å²) in [5.74, 6) is 0.814. The summed E-state index contributed by atoms with van der Waals surface area (Å²) in [4.78, 5) is 13.9. The molecule has 0 aliphatic carbocycles. The number of rotatable bonds is 3. The normalized spacial score (nSPS) is 20.3. The van der Waals surface area contributed by atoms with E-state index >= 15 is 0 Å². The van der Waals surface area contributed by atoms with Gasteiger partial charge in [-0.1, -0.05) is 18.5 Å². The smallest absolute Gasteiger partial charge is 0.145 e. The molecule has 1 atom stereocenters. The zero-order valence-corrected chi connectivity index (χ0v) is 14.2. The van der Waals surface area contributed by atoms with Gasteiger partial charge in [0.15, 0.2) is 0 Å². The van der Waals surface area contributed by atoms with Gasteiger partial charge in [-0.2, -0.15) is 0 Å². The van der Waals surface area contributed by atoms with Crippen LogP contribution >= 0.6 is 22.9 Å². The summed E-state index contributed by atoms with van der Waals surface area (Å²) < 4.78 is 5.55. The van der Waals surface area contributed by atoms with Crippen molar-refractivity contribution in [1.29, 1.82) is 0 Å². The van der Waals surface area contributed by atoms with E-state index in [2.05, 4.69) is 30.7 Å². The number of aryl methyl sites for hydroxylation is 2. The molecule has 2 aromatic rings. The summed E-state index contributed by atoms with van der Waals surface area (Å²) in [7, 11) is 0. The van der Waals surface area contributed by atoms with Gasteiger partial charge >= 0.3 is 0 Å². The van der Waals surface area contributed by atoms with Crippen LogP contribution in [0.1, 0.15) is 29.6 Å². The van der Waals surface area contributed by atoms with Gasteiger partial charge in [0.1, 0.15) is 15.8 Å². The van der Waals surface area contributed by atoms with Crippen LogP contribution in [-0.4, -0.2) is 40.7 Å². The minimum Gasteiger partial charge on any atom is -0.378 e. The van der Waals surface area contributed by atoms with Gasteiger partial charge in [-0.15, -0.1) is 11.3 Å². The van der Waals surface area contributed by atoms with Crippen LogP contribution < -0.4 is 0 Å². The molecule has 1 saturated heterocycles. The second-order valence-corrected chi connectivity index (χ2v) is 7.06. The third-order valence-electron chi connectivity index (χ3n) is 4.20. The Morgan fingerprint density at radius 2 is 2.19 bits per heavy atom. The first-order valence-electron chi connectivity index (χ1n) is 7.34. The number of halogens is 1. The maximum Gasteiger partial charge on any atom is 0.145 e. The van der Waals surface area contributed by atoms with Crippen LogP contribution in [-0.2, 0) is 11.3 Å².